The van der Waals surface area contributed by atoms with Gasteiger partial charge in [0.05, 0.1) is 18.0 Å². The van der Waals surface area contributed by atoms with Gasteiger partial charge in [-0.05, 0) is 19.1 Å². The molecule has 19 heavy (non-hydrogen) atoms. The average Bonchev–Trinajstić information content (AvgIpc) is 2.41. The summed E-state index contributed by atoms with van der Waals surface area (Å²) in [6, 6.07) is 7.61. The van der Waals surface area contributed by atoms with Crippen molar-refractivity contribution in [2.24, 2.45) is 0 Å². The predicted molar refractivity (Wildman–Crippen MR) is 70.8 cm³/mol. The zero-order valence-corrected chi connectivity index (χ0v) is 11.3. The lowest BCUT2D eigenvalue weighted by Crippen LogP contribution is -2.57. The molecule has 4 N–H and O–H groups in total. The van der Waals surface area contributed by atoms with E-state index in [2.05, 4.69) is 0 Å². The smallest absolute Gasteiger partial charge is 0.170 e. The van der Waals surface area contributed by atoms with Crippen LogP contribution in [0.5, 0.6) is 0 Å². The molecule has 106 valence electrons. The molecule has 0 radical (unpaired) electrons. The van der Waals surface area contributed by atoms with Crippen molar-refractivity contribution in [1.82, 2.24) is 0 Å². The number of hydrogen-bond acceptors (Lipinski definition) is 6. The van der Waals surface area contributed by atoms with E-state index in [1.165, 1.54) is 11.8 Å². The molecule has 1 aromatic carbocycles. The maximum atomic E-state index is 10.0. The van der Waals surface area contributed by atoms with Crippen molar-refractivity contribution in [1.29, 1.82) is 0 Å². The zero-order chi connectivity index (χ0) is 14.0. The van der Waals surface area contributed by atoms with Crippen LogP contribution in [0, 0.1) is 6.92 Å². The molecule has 2 rings (SSSR count). The molecule has 5 nitrogen and oxygen atoms in total. The molecule has 0 saturated carbocycles. The fourth-order valence-corrected chi connectivity index (χ4v) is 3.06. The average molecular weight is 286 g/mol. The first-order chi connectivity index (χ1) is 9.02. The van der Waals surface area contributed by atoms with Crippen LogP contribution in [-0.4, -0.2) is 56.9 Å². The monoisotopic (exact) mass is 286 g/mol. The Bertz CT molecular complexity index is 410. The van der Waals surface area contributed by atoms with Gasteiger partial charge in [-0.1, -0.05) is 17.7 Å². The summed E-state index contributed by atoms with van der Waals surface area (Å²) in [4.78, 5) is 0.868. The van der Waals surface area contributed by atoms with Gasteiger partial charge in [-0.3, -0.25) is 0 Å². The van der Waals surface area contributed by atoms with Crippen molar-refractivity contribution < 1.29 is 25.2 Å². The second-order valence-corrected chi connectivity index (χ2v) is 5.88. The first-order valence-corrected chi connectivity index (χ1v) is 6.94. The van der Waals surface area contributed by atoms with E-state index in [1.54, 1.807) is 0 Å². The van der Waals surface area contributed by atoms with Crippen molar-refractivity contribution in [3.8, 4) is 0 Å². The number of aliphatic hydroxyl groups excluding tert-OH is 4. The molecule has 1 aliphatic heterocycles. The molecule has 0 bridgehead atoms. The minimum absolute atomic E-state index is 0.447. The number of rotatable bonds is 3. The van der Waals surface area contributed by atoms with Crippen LogP contribution in [0.3, 0.4) is 0 Å². The van der Waals surface area contributed by atoms with Crippen LogP contribution in [-0.2, 0) is 4.74 Å². The summed E-state index contributed by atoms with van der Waals surface area (Å²) < 4.78 is 5.10. The molecule has 6 heteroatoms. The van der Waals surface area contributed by atoms with Crippen molar-refractivity contribution in [2.45, 2.75) is 41.7 Å². The zero-order valence-electron chi connectivity index (χ0n) is 10.5. The number of thioether (sulfide) groups is 1. The van der Waals surface area contributed by atoms with Crippen LogP contribution >= 0.6 is 11.8 Å². The topological polar surface area (TPSA) is 90.2 Å². The summed E-state index contributed by atoms with van der Waals surface area (Å²) in [5.74, 6) is 0. The second-order valence-electron chi connectivity index (χ2n) is 4.62. The normalized spacial score (nSPS) is 35.3. The third-order valence-electron chi connectivity index (χ3n) is 3.14. The highest BCUT2D eigenvalue weighted by atomic mass is 32.2. The Kier molecular flexibility index (Phi) is 4.83. The van der Waals surface area contributed by atoms with Gasteiger partial charge in [-0.25, -0.2) is 0 Å². The highest BCUT2D eigenvalue weighted by Crippen LogP contribution is 2.33. The Hall–Kier alpha value is -0.630. The summed E-state index contributed by atoms with van der Waals surface area (Å²) in [6.45, 7) is 1.52. The Morgan fingerprint density at radius 3 is 2.32 bits per heavy atom. The number of hydrogen-bond donors (Lipinski definition) is 4. The van der Waals surface area contributed by atoms with Gasteiger partial charge in [0.15, 0.2) is 6.29 Å². The number of benzene rings is 1. The van der Waals surface area contributed by atoms with Crippen molar-refractivity contribution in [3.63, 3.8) is 0 Å². The molecule has 0 amide bonds. The first kappa shape index (κ1) is 14.8. The maximum absolute atomic E-state index is 10.0. The number of aliphatic hydroxyl groups is 4. The molecule has 5 atom stereocenters. The van der Waals surface area contributed by atoms with Crippen LogP contribution in [0.1, 0.15) is 5.56 Å². The molecule has 0 aliphatic carbocycles. The van der Waals surface area contributed by atoms with E-state index in [0.29, 0.717) is 0 Å². The molecule has 1 aliphatic rings. The van der Waals surface area contributed by atoms with Gasteiger partial charge >= 0.3 is 0 Å². The fourth-order valence-electron chi connectivity index (χ4n) is 1.97. The lowest BCUT2D eigenvalue weighted by Gasteiger charge is -2.39. The van der Waals surface area contributed by atoms with Gasteiger partial charge in [-0.15, -0.1) is 11.8 Å². The van der Waals surface area contributed by atoms with Gasteiger partial charge in [0, 0.05) is 4.90 Å². The number of ether oxygens (including phenoxy) is 1. The third-order valence-corrected chi connectivity index (χ3v) is 4.46. The molecule has 1 saturated heterocycles. The molecule has 0 aromatic heterocycles. The van der Waals surface area contributed by atoms with Gasteiger partial charge in [0.25, 0.3) is 0 Å². The summed E-state index contributed by atoms with van der Waals surface area (Å²) in [6.07, 6.45) is -4.56. The van der Waals surface area contributed by atoms with E-state index >= 15 is 0 Å². The Morgan fingerprint density at radius 1 is 1.11 bits per heavy atom. The summed E-state index contributed by atoms with van der Waals surface area (Å²) in [5.41, 5.74) is 1.12. The fraction of sp³-hybridized carbons (Fsp3) is 0.538. The maximum Gasteiger partial charge on any atom is 0.170 e. The Morgan fingerprint density at radius 2 is 1.74 bits per heavy atom. The lowest BCUT2D eigenvalue weighted by atomic mass is 10.0. The van der Waals surface area contributed by atoms with E-state index in [-0.39, 0.29) is 0 Å². The number of aryl methyl sites for hydroxylation is 1. The van der Waals surface area contributed by atoms with Crippen LogP contribution in [0.15, 0.2) is 29.2 Å². The lowest BCUT2D eigenvalue weighted by molar-refractivity contribution is -0.234. The third kappa shape index (κ3) is 3.28. The van der Waals surface area contributed by atoms with E-state index < -0.39 is 36.5 Å². The highest BCUT2D eigenvalue weighted by molar-refractivity contribution is 8.00. The van der Waals surface area contributed by atoms with Gasteiger partial charge < -0.3 is 25.2 Å². The second kappa shape index (κ2) is 6.21. The minimum Gasteiger partial charge on any atom is -0.394 e. The largest absolute Gasteiger partial charge is 0.394 e. The molecular formula is C13H18O5S. The van der Waals surface area contributed by atoms with Crippen molar-refractivity contribution >= 4 is 11.8 Å². The molecule has 5 unspecified atom stereocenters. The Balaban J connectivity index is 2.09. The minimum atomic E-state index is -1.23. The molecule has 1 heterocycles. The van der Waals surface area contributed by atoms with Crippen LogP contribution in [0.2, 0.25) is 0 Å². The van der Waals surface area contributed by atoms with Crippen molar-refractivity contribution in [3.05, 3.63) is 29.8 Å². The van der Waals surface area contributed by atoms with E-state index in [4.69, 9.17) is 9.84 Å². The molecule has 0 spiro atoms. The van der Waals surface area contributed by atoms with Crippen LogP contribution in [0.25, 0.3) is 0 Å². The van der Waals surface area contributed by atoms with Crippen LogP contribution < -0.4 is 0 Å². The molecule has 1 aromatic rings. The van der Waals surface area contributed by atoms with E-state index in [1.807, 2.05) is 31.2 Å². The van der Waals surface area contributed by atoms with E-state index in [9.17, 15) is 15.3 Å². The standard InChI is InChI=1S/C13H18O5S/c1-7-2-4-8(5-3-7)19-12-11(16)10(15)9(6-14)18-13(12)17/h2-5,9-17H,6H2,1H3. The predicted octanol–water partition coefficient (Wildman–Crippen LogP) is -0.113. The summed E-state index contributed by atoms with van der Waals surface area (Å²) >= 11 is 1.24. The van der Waals surface area contributed by atoms with E-state index in [0.717, 1.165) is 10.5 Å². The highest BCUT2D eigenvalue weighted by Gasteiger charge is 2.43. The SMILES string of the molecule is Cc1ccc(SC2C(O)OC(CO)C(O)C2O)cc1. The van der Waals surface area contributed by atoms with Crippen molar-refractivity contribution in [2.75, 3.05) is 6.61 Å². The quantitative estimate of drug-likeness (QED) is 0.620. The Labute approximate surface area is 115 Å². The summed E-state index contributed by atoms with van der Waals surface area (Å²) in [7, 11) is 0. The first-order valence-electron chi connectivity index (χ1n) is 6.07. The summed E-state index contributed by atoms with van der Waals surface area (Å²) in [5, 5.41) is 37.9. The van der Waals surface area contributed by atoms with Gasteiger partial charge in [0.2, 0.25) is 0 Å². The molecular weight excluding hydrogens is 268 g/mol. The van der Waals surface area contributed by atoms with Crippen LogP contribution in [0.4, 0.5) is 0 Å². The van der Waals surface area contributed by atoms with Gasteiger partial charge in [-0.2, -0.15) is 0 Å². The molecule has 1 fully saturated rings. The van der Waals surface area contributed by atoms with Gasteiger partial charge in [0.1, 0.15) is 12.2 Å².